The number of thiophene rings is 1. The maximum atomic E-state index is 12.5. The number of hydrogen-bond donors (Lipinski definition) is 2. The molecule has 1 aromatic rings. The van der Waals surface area contributed by atoms with Gasteiger partial charge in [-0.25, -0.2) is 13.1 Å². The van der Waals surface area contributed by atoms with Gasteiger partial charge in [0.25, 0.3) is 0 Å². The number of hydrogen-bond acceptors (Lipinski definition) is 4. The van der Waals surface area contributed by atoms with Gasteiger partial charge in [-0.2, -0.15) is 0 Å². The van der Waals surface area contributed by atoms with E-state index in [2.05, 4.69) is 10.0 Å². The molecule has 0 aromatic carbocycles. The van der Waals surface area contributed by atoms with Crippen LogP contribution in [0.5, 0.6) is 0 Å². The van der Waals surface area contributed by atoms with Crippen molar-refractivity contribution in [2.75, 3.05) is 13.6 Å². The lowest BCUT2D eigenvalue weighted by molar-refractivity contribution is 0.402. The molecule has 2 N–H and O–H groups in total. The molecule has 0 saturated heterocycles. The molecule has 0 unspecified atom stereocenters. The molecule has 0 radical (unpaired) electrons. The van der Waals surface area contributed by atoms with Crippen LogP contribution in [0.2, 0.25) is 0 Å². The van der Waals surface area contributed by atoms with Crippen LogP contribution in [-0.4, -0.2) is 22.0 Å². The normalized spacial score (nSPS) is 19.4. The zero-order valence-electron chi connectivity index (χ0n) is 12.7. The van der Waals surface area contributed by atoms with E-state index in [-0.39, 0.29) is 0 Å². The first kappa shape index (κ1) is 15.5. The number of aryl methyl sites for hydroxylation is 1. The zero-order valence-corrected chi connectivity index (χ0v) is 14.3. The number of sulfonamides is 1. The summed E-state index contributed by atoms with van der Waals surface area (Å²) in [6.07, 6.45) is 5.14. The third-order valence-electron chi connectivity index (χ3n) is 4.56. The molecule has 1 aromatic heterocycles. The zero-order chi connectivity index (χ0) is 15.0. The van der Waals surface area contributed by atoms with Crippen molar-refractivity contribution >= 4 is 21.4 Å². The van der Waals surface area contributed by atoms with E-state index < -0.39 is 10.0 Å². The quantitative estimate of drug-likeness (QED) is 0.771. The lowest BCUT2D eigenvalue weighted by atomic mass is 9.99. The van der Waals surface area contributed by atoms with Crippen molar-refractivity contribution in [3.8, 4) is 0 Å². The smallest absolute Gasteiger partial charge is 0.250 e. The SMILES string of the molecule is CNCc1sc(S(=O)(=O)NCC(C2CC2)C2CC2)cc1C. The topological polar surface area (TPSA) is 58.2 Å². The summed E-state index contributed by atoms with van der Waals surface area (Å²) in [5.41, 5.74) is 1.05. The minimum Gasteiger partial charge on any atom is -0.315 e. The van der Waals surface area contributed by atoms with Crippen molar-refractivity contribution in [2.24, 2.45) is 17.8 Å². The van der Waals surface area contributed by atoms with Crippen LogP contribution >= 0.6 is 11.3 Å². The standard InChI is InChI=1S/C15H24N2O2S2/c1-10-7-15(20-14(10)9-16-2)21(18,19)17-8-13(11-3-4-11)12-5-6-12/h7,11-13,16-17H,3-6,8-9H2,1-2H3. The van der Waals surface area contributed by atoms with Crippen LogP contribution < -0.4 is 10.0 Å². The minimum atomic E-state index is -3.35. The fourth-order valence-electron chi connectivity index (χ4n) is 3.00. The average Bonchev–Trinajstić information content (AvgIpc) is 3.32. The van der Waals surface area contributed by atoms with Crippen LogP contribution in [0, 0.1) is 24.7 Å². The molecule has 2 fully saturated rings. The van der Waals surface area contributed by atoms with Crippen molar-refractivity contribution in [3.63, 3.8) is 0 Å². The van der Waals surface area contributed by atoms with Crippen molar-refractivity contribution in [3.05, 3.63) is 16.5 Å². The highest BCUT2D eigenvalue weighted by atomic mass is 32.2. The third-order valence-corrected chi connectivity index (χ3v) is 7.70. The van der Waals surface area contributed by atoms with Gasteiger partial charge in [-0.15, -0.1) is 11.3 Å². The molecule has 0 amide bonds. The number of nitrogens with one attached hydrogen (secondary N) is 2. The molecule has 1 heterocycles. The minimum absolute atomic E-state index is 0.454. The summed E-state index contributed by atoms with van der Waals surface area (Å²) in [5, 5.41) is 3.08. The Labute approximate surface area is 131 Å². The van der Waals surface area contributed by atoms with Gasteiger partial charge in [-0.1, -0.05) is 0 Å². The molecule has 3 rings (SSSR count). The molecule has 2 aliphatic carbocycles. The summed E-state index contributed by atoms with van der Waals surface area (Å²) in [6.45, 7) is 3.31. The summed E-state index contributed by atoms with van der Waals surface area (Å²) in [7, 11) is -1.47. The Kier molecular flexibility index (Phi) is 4.41. The Hall–Kier alpha value is -0.430. The molecule has 2 saturated carbocycles. The van der Waals surface area contributed by atoms with Gasteiger partial charge in [0.05, 0.1) is 0 Å². The van der Waals surface area contributed by atoms with E-state index in [1.165, 1.54) is 37.0 Å². The van der Waals surface area contributed by atoms with Gasteiger partial charge < -0.3 is 5.32 Å². The molecule has 0 bridgehead atoms. The van der Waals surface area contributed by atoms with Crippen molar-refractivity contribution < 1.29 is 8.42 Å². The van der Waals surface area contributed by atoms with Gasteiger partial charge in [0.1, 0.15) is 4.21 Å². The summed E-state index contributed by atoms with van der Waals surface area (Å²) in [6, 6.07) is 1.79. The highest BCUT2D eigenvalue weighted by molar-refractivity contribution is 7.91. The fraction of sp³-hybridized carbons (Fsp3) is 0.733. The Morgan fingerprint density at radius 2 is 1.90 bits per heavy atom. The second kappa shape index (κ2) is 5.99. The highest BCUT2D eigenvalue weighted by Crippen LogP contribution is 2.48. The second-order valence-electron chi connectivity index (χ2n) is 6.39. The molecular formula is C15H24N2O2S2. The van der Waals surface area contributed by atoms with Crippen LogP contribution in [0.25, 0.3) is 0 Å². The molecule has 0 atom stereocenters. The van der Waals surface area contributed by atoms with Gasteiger partial charge >= 0.3 is 0 Å². The molecule has 4 nitrogen and oxygen atoms in total. The lowest BCUT2D eigenvalue weighted by Gasteiger charge is -2.15. The van der Waals surface area contributed by atoms with E-state index in [1.54, 1.807) is 6.07 Å². The molecule has 0 spiro atoms. The molecule has 21 heavy (non-hydrogen) atoms. The first-order chi connectivity index (χ1) is 10.0. The summed E-state index contributed by atoms with van der Waals surface area (Å²) < 4.78 is 28.3. The highest BCUT2D eigenvalue weighted by Gasteiger charge is 2.41. The van der Waals surface area contributed by atoms with Gasteiger partial charge in [-0.05, 0) is 69.0 Å². The van der Waals surface area contributed by atoms with Gasteiger partial charge in [0.2, 0.25) is 10.0 Å². The molecule has 0 aliphatic heterocycles. The second-order valence-corrected chi connectivity index (χ2v) is 9.52. The van der Waals surface area contributed by atoms with Crippen LogP contribution in [0.3, 0.4) is 0 Å². The largest absolute Gasteiger partial charge is 0.315 e. The Bertz CT molecular complexity index is 589. The van der Waals surface area contributed by atoms with Crippen molar-refractivity contribution in [1.82, 2.24) is 10.0 Å². The average molecular weight is 329 g/mol. The van der Waals surface area contributed by atoms with Crippen LogP contribution in [-0.2, 0) is 16.6 Å². The van der Waals surface area contributed by atoms with Gasteiger partial charge in [0, 0.05) is 18.0 Å². The first-order valence-electron chi connectivity index (χ1n) is 7.75. The van der Waals surface area contributed by atoms with E-state index in [0.29, 0.717) is 16.7 Å². The van der Waals surface area contributed by atoms with E-state index in [9.17, 15) is 8.42 Å². The van der Waals surface area contributed by atoms with Gasteiger partial charge in [-0.3, -0.25) is 0 Å². The van der Waals surface area contributed by atoms with Crippen LogP contribution in [0.15, 0.2) is 10.3 Å². The first-order valence-corrected chi connectivity index (χ1v) is 10.0. The third kappa shape index (κ3) is 3.67. The maximum absolute atomic E-state index is 12.5. The maximum Gasteiger partial charge on any atom is 0.250 e. The van der Waals surface area contributed by atoms with E-state index >= 15 is 0 Å². The monoisotopic (exact) mass is 328 g/mol. The van der Waals surface area contributed by atoms with E-state index in [0.717, 1.165) is 28.8 Å². The Morgan fingerprint density at radius 3 is 2.43 bits per heavy atom. The van der Waals surface area contributed by atoms with Gasteiger partial charge in [0.15, 0.2) is 0 Å². The Balaban J connectivity index is 1.66. The molecular weight excluding hydrogens is 304 g/mol. The molecule has 2 aliphatic rings. The van der Waals surface area contributed by atoms with Crippen molar-refractivity contribution in [1.29, 1.82) is 0 Å². The van der Waals surface area contributed by atoms with E-state index in [4.69, 9.17) is 0 Å². The summed E-state index contributed by atoms with van der Waals surface area (Å²) in [4.78, 5) is 1.10. The summed E-state index contributed by atoms with van der Waals surface area (Å²) >= 11 is 1.38. The fourth-order valence-corrected chi connectivity index (χ4v) is 5.72. The number of rotatable bonds is 8. The van der Waals surface area contributed by atoms with Crippen LogP contribution in [0.1, 0.15) is 36.1 Å². The summed E-state index contributed by atoms with van der Waals surface area (Å²) in [5.74, 6) is 2.10. The lowest BCUT2D eigenvalue weighted by Crippen LogP contribution is -2.30. The predicted molar refractivity (Wildman–Crippen MR) is 85.9 cm³/mol. The van der Waals surface area contributed by atoms with Crippen molar-refractivity contribution in [2.45, 2.75) is 43.4 Å². The molecule has 6 heteroatoms. The van der Waals surface area contributed by atoms with Crippen LogP contribution in [0.4, 0.5) is 0 Å². The van der Waals surface area contributed by atoms with E-state index in [1.807, 2.05) is 14.0 Å². The predicted octanol–water partition coefficient (Wildman–Crippen LogP) is 2.49. The molecule has 118 valence electrons. The Morgan fingerprint density at radius 1 is 1.29 bits per heavy atom.